The number of hydrogen-bond donors (Lipinski definition) is 3. The predicted octanol–water partition coefficient (Wildman–Crippen LogP) is 3.23. The summed E-state index contributed by atoms with van der Waals surface area (Å²) in [6, 6.07) is 10.6. The highest BCUT2D eigenvalue weighted by Crippen LogP contribution is 2.36. The number of nitrogens with two attached hydrogens (primary N) is 1. The second-order valence-electron chi connectivity index (χ2n) is 9.39. The molecule has 3 aromatic rings. The van der Waals surface area contributed by atoms with E-state index in [2.05, 4.69) is 32.9 Å². The second-order valence-corrected chi connectivity index (χ2v) is 10.2. The van der Waals surface area contributed by atoms with E-state index in [1.165, 1.54) is 20.2 Å². The maximum atomic E-state index is 14.2. The van der Waals surface area contributed by atoms with Gasteiger partial charge in [0.2, 0.25) is 0 Å². The zero-order chi connectivity index (χ0) is 29.7. The lowest BCUT2D eigenvalue weighted by atomic mass is 10.1. The number of amides is 2. The van der Waals surface area contributed by atoms with Gasteiger partial charge in [0.05, 0.1) is 16.2 Å². The fourth-order valence-corrected chi connectivity index (χ4v) is 4.91. The van der Waals surface area contributed by atoms with Gasteiger partial charge in [0, 0.05) is 48.1 Å². The van der Waals surface area contributed by atoms with Crippen molar-refractivity contribution in [2.24, 2.45) is 0 Å². The van der Waals surface area contributed by atoms with E-state index in [1.54, 1.807) is 29.2 Å². The van der Waals surface area contributed by atoms with Crippen molar-refractivity contribution < 1.29 is 23.4 Å². The molecule has 1 fully saturated rings. The molecule has 1 aliphatic heterocycles. The topological polar surface area (TPSA) is 132 Å². The van der Waals surface area contributed by atoms with Crippen LogP contribution in [0, 0.1) is 17.8 Å². The van der Waals surface area contributed by atoms with Gasteiger partial charge in [0.25, 0.3) is 11.8 Å². The predicted molar refractivity (Wildman–Crippen MR) is 156 cm³/mol. The van der Waals surface area contributed by atoms with Crippen molar-refractivity contribution in [3.63, 3.8) is 0 Å². The Labute approximate surface area is 247 Å². The Kier molecular flexibility index (Phi) is 9.55. The van der Waals surface area contributed by atoms with Crippen LogP contribution in [-0.4, -0.2) is 60.1 Å². The molecule has 4 N–H and O–H groups in total. The summed E-state index contributed by atoms with van der Waals surface area (Å²) in [5, 5.41) is 13.5. The molecule has 1 aromatic heterocycles. The van der Waals surface area contributed by atoms with Gasteiger partial charge in [-0.3, -0.25) is 9.59 Å². The standard InChI is InChI=1S/C27H26BCl2FN6O4/c1-14-12-37(13-15(2)33-14)27(39)16-3-5-17(6-4-16)34-26(38)20-11-22(25(32)36-35-20)41-21(9-10-40-28)23-18(29)7-8-19(31)24(23)30/h3-8,11,14-15,21,33H,12-13,28H2,1-2H3,(H2,32,36)(H,34,38)/t14-,15+,21-/m1/s1. The molecule has 2 heterocycles. The van der Waals surface area contributed by atoms with E-state index in [-0.39, 0.29) is 50.9 Å². The van der Waals surface area contributed by atoms with Crippen LogP contribution in [0.2, 0.25) is 10.0 Å². The third kappa shape index (κ3) is 7.19. The Morgan fingerprint density at radius 3 is 2.51 bits per heavy atom. The Hall–Kier alpha value is -4.05. The van der Waals surface area contributed by atoms with Crippen LogP contribution in [0.4, 0.5) is 15.9 Å². The smallest absolute Gasteiger partial charge is 0.337 e. The SMILES string of the molecule is BOC#C[C@@H](Oc1cc(C(=O)Nc2ccc(C(=O)N3C[C@@H](C)N[C@@H](C)C3)cc2)nnc1N)c1c(Cl)ccc(F)c1Cl. The number of aromatic nitrogens is 2. The minimum atomic E-state index is -1.22. The first kappa shape index (κ1) is 29.9. The lowest BCUT2D eigenvalue weighted by Crippen LogP contribution is -2.55. The van der Waals surface area contributed by atoms with Crippen molar-refractivity contribution in [2.75, 3.05) is 24.1 Å². The third-order valence-corrected chi connectivity index (χ3v) is 6.85. The molecule has 0 unspecified atom stereocenters. The molecule has 0 spiro atoms. The Bertz CT molecular complexity index is 1510. The minimum Gasteiger partial charge on any atom is -0.525 e. The van der Waals surface area contributed by atoms with Crippen molar-refractivity contribution in [1.82, 2.24) is 20.4 Å². The van der Waals surface area contributed by atoms with Gasteiger partial charge in [-0.2, -0.15) is 0 Å². The number of halogens is 3. The monoisotopic (exact) mass is 598 g/mol. The molecule has 2 amide bonds. The summed E-state index contributed by atoms with van der Waals surface area (Å²) < 4.78 is 24.8. The first-order valence-electron chi connectivity index (χ1n) is 12.5. The summed E-state index contributed by atoms with van der Waals surface area (Å²) in [5.41, 5.74) is 6.78. The normalized spacial score (nSPS) is 17.1. The number of rotatable bonds is 6. The molecule has 4 rings (SSSR count). The van der Waals surface area contributed by atoms with Crippen LogP contribution in [0.1, 0.15) is 46.4 Å². The van der Waals surface area contributed by atoms with Gasteiger partial charge in [-0.15, -0.1) is 10.2 Å². The summed E-state index contributed by atoms with van der Waals surface area (Å²) in [6.45, 7) is 5.28. The van der Waals surface area contributed by atoms with Crippen molar-refractivity contribution in [1.29, 1.82) is 0 Å². The summed E-state index contributed by atoms with van der Waals surface area (Å²) in [7, 11) is 1.33. The molecule has 0 aliphatic carbocycles. The largest absolute Gasteiger partial charge is 0.525 e. The Morgan fingerprint density at radius 1 is 1.17 bits per heavy atom. The average Bonchev–Trinajstić information content (AvgIpc) is 2.94. The Morgan fingerprint density at radius 2 is 1.85 bits per heavy atom. The zero-order valence-corrected chi connectivity index (χ0v) is 23.9. The van der Waals surface area contributed by atoms with Crippen LogP contribution in [0.25, 0.3) is 0 Å². The highest BCUT2D eigenvalue weighted by atomic mass is 35.5. The van der Waals surface area contributed by atoms with E-state index >= 15 is 0 Å². The molecule has 10 nitrogen and oxygen atoms in total. The number of nitrogens with zero attached hydrogens (tertiary/aromatic N) is 3. The van der Waals surface area contributed by atoms with Crippen LogP contribution in [0.15, 0.2) is 42.5 Å². The molecule has 14 heteroatoms. The number of piperazine rings is 1. The Balaban J connectivity index is 1.51. The van der Waals surface area contributed by atoms with E-state index in [0.29, 0.717) is 24.3 Å². The summed E-state index contributed by atoms with van der Waals surface area (Å²) in [6.07, 6.45) is 1.14. The molecular formula is C27H26BCl2FN6O4. The number of ether oxygens (including phenoxy) is 1. The molecule has 212 valence electrons. The van der Waals surface area contributed by atoms with Crippen LogP contribution >= 0.6 is 23.2 Å². The fourth-order valence-electron chi connectivity index (χ4n) is 4.34. The number of nitrogens with one attached hydrogen (secondary N) is 2. The first-order chi connectivity index (χ1) is 19.6. The number of anilines is 2. The second kappa shape index (κ2) is 13.1. The molecule has 1 aliphatic rings. The van der Waals surface area contributed by atoms with Gasteiger partial charge in [-0.05, 0) is 56.2 Å². The molecule has 3 atom stereocenters. The van der Waals surface area contributed by atoms with Gasteiger partial charge >= 0.3 is 8.05 Å². The molecule has 0 bridgehead atoms. The van der Waals surface area contributed by atoms with Gasteiger partial charge < -0.3 is 30.7 Å². The molecular weight excluding hydrogens is 573 g/mol. The van der Waals surface area contributed by atoms with E-state index in [9.17, 15) is 14.0 Å². The molecule has 2 aromatic carbocycles. The highest BCUT2D eigenvalue weighted by molar-refractivity contribution is 6.36. The number of carbonyl (C=O) groups is 2. The lowest BCUT2D eigenvalue weighted by Gasteiger charge is -2.36. The van der Waals surface area contributed by atoms with Crippen molar-refractivity contribution >= 4 is 54.6 Å². The van der Waals surface area contributed by atoms with Crippen molar-refractivity contribution in [3.8, 4) is 17.8 Å². The zero-order valence-electron chi connectivity index (χ0n) is 22.4. The quantitative estimate of drug-likeness (QED) is 0.224. The maximum Gasteiger partial charge on any atom is 0.337 e. The van der Waals surface area contributed by atoms with Crippen LogP contribution in [0.5, 0.6) is 5.75 Å². The maximum absolute atomic E-state index is 14.2. The average molecular weight is 599 g/mol. The van der Waals surface area contributed by atoms with Crippen molar-refractivity contribution in [3.05, 3.63) is 75.1 Å². The fraction of sp³-hybridized carbons (Fsp3) is 0.259. The summed E-state index contributed by atoms with van der Waals surface area (Å²) >= 11 is 12.4. The van der Waals surface area contributed by atoms with Gasteiger partial charge in [0.15, 0.2) is 23.4 Å². The van der Waals surface area contributed by atoms with Gasteiger partial charge in [-0.1, -0.05) is 23.2 Å². The minimum absolute atomic E-state index is 0.0412. The number of carbonyl (C=O) groups excluding carboxylic acids is 2. The molecule has 0 saturated carbocycles. The first-order valence-corrected chi connectivity index (χ1v) is 13.3. The number of nitrogen functional groups attached to an aromatic ring is 1. The van der Waals surface area contributed by atoms with E-state index in [1.807, 2.05) is 13.8 Å². The van der Waals surface area contributed by atoms with Gasteiger partial charge in [-0.25, -0.2) is 4.39 Å². The van der Waals surface area contributed by atoms with Crippen molar-refractivity contribution in [2.45, 2.75) is 32.0 Å². The highest BCUT2D eigenvalue weighted by Gasteiger charge is 2.26. The van der Waals surface area contributed by atoms with Gasteiger partial charge in [0.1, 0.15) is 5.82 Å². The van der Waals surface area contributed by atoms with Crippen LogP contribution in [-0.2, 0) is 4.65 Å². The van der Waals surface area contributed by atoms with Crippen LogP contribution in [0.3, 0.4) is 0 Å². The van der Waals surface area contributed by atoms with Crippen LogP contribution < -0.4 is 21.1 Å². The summed E-state index contributed by atoms with van der Waals surface area (Å²) in [5.74, 6) is 0.968. The lowest BCUT2D eigenvalue weighted by molar-refractivity contribution is 0.0673. The number of hydrogen-bond acceptors (Lipinski definition) is 8. The van der Waals surface area contributed by atoms with E-state index < -0.39 is 17.8 Å². The molecule has 0 radical (unpaired) electrons. The molecule has 41 heavy (non-hydrogen) atoms. The molecule has 1 saturated heterocycles. The van der Waals surface area contributed by atoms with E-state index in [4.69, 9.17) is 38.3 Å². The number of benzene rings is 2. The summed E-state index contributed by atoms with van der Waals surface area (Å²) in [4.78, 5) is 27.7. The third-order valence-electron chi connectivity index (χ3n) is 6.13. The van der Waals surface area contributed by atoms with E-state index in [0.717, 1.165) is 6.07 Å².